The van der Waals surface area contributed by atoms with E-state index in [1.165, 1.54) is 24.0 Å². The van der Waals surface area contributed by atoms with Crippen LogP contribution in [0.1, 0.15) is 29.8 Å². The molecule has 0 atom stereocenters. The Morgan fingerprint density at radius 2 is 1.75 bits per heavy atom. The van der Waals surface area contributed by atoms with E-state index in [1.54, 1.807) is 0 Å². The van der Waals surface area contributed by atoms with Gasteiger partial charge < -0.3 is 4.98 Å². The predicted molar refractivity (Wildman–Crippen MR) is 83.9 cm³/mol. The van der Waals surface area contributed by atoms with Crippen molar-refractivity contribution in [3.63, 3.8) is 0 Å². The van der Waals surface area contributed by atoms with Crippen molar-refractivity contribution in [1.29, 1.82) is 0 Å². The van der Waals surface area contributed by atoms with Crippen LogP contribution < -0.4 is 0 Å². The molecule has 0 fully saturated rings. The Labute approximate surface area is 119 Å². The summed E-state index contributed by atoms with van der Waals surface area (Å²) < 4.78 is 0. The van der Waals surface area contributed by atoms with Gasteiger partial charge in [-0.25, -0.2) is 4.98 Å². The monoisotopic (exact) mass is 264 g/mol. The molecule has 0 spiro atoms. The highest BCUT2D eigenvalue weighted by molar-refractivity contribution is 5.75. The predicted octanol–water partition coefficient (Wildman–Crippen LogP) is 4.44. The van der Waals surface area contributed by atoms with Crippen LogP contribution >= 0.6 is 0 Å². The molecule has 1 N–H and O–H groups in total. The number of hydrogen-bond acceptors (Lipinski definition) is 1. The molecule has 0 bridgehead atoms. The van der Waals surface area contributed by atoms with Gasteiger partial charge in [-0.3, -0.25) is 0 Å². The standard InChI is InChI=1S/C18H20N2/c1-14-11-12-16-17(13-14)20-18(19-16)10-6-5-9-15-7-3-2-4-8-15/h2-4,7-8,11-13H,5-6,9-10H2,1H3,(H,19,20). The van der Waals surface area contributed by atoms with Gasteiger partial charge in [-0.2, -0.15) is 0 Å². The van der Waals surface area contributed by atoms with Crippen molar-refractivity contribution in [3.8, 4) is 0 Å². The second-order valence-corrected chi connectivity index (χ2v) is 5.40. The summed E-state index contributed by atoms with van der Waals surface area (Å²) in [6.45, 7) is 2.10. The number of aromatic nitrogens is 2. The lowest BCUT2D eigenvalue weighted by molar-refractivity contribution is 0.715. The lowest BCUT2D eigenvalue weighted by Gasteiger charge is -2.00. The summed E-state index contributed by atoms with van der Waals surface area (Å²) in [5.41, 5.74) is 4.92. The van der Waals surface area contributed by atoms with E-state index >= 15 is 0 Å². The first kappa shape index (κ1) is 12.9. The summed E-state index contributed by atoms with van der Waals surface area (Å²) in [6.07, 6.45) is 4.56. The van der Waals surface area contributed by atoms with E-state index in [4.69, 9.17) is 0 Å². The third-order valence-electron chi connectivity index (χ3n) is 3.66. The number of aryl methyl sites for hydroxylation is 3. The molecule has 0 aliphatic carbocycles. The topological polar surface area (TPSA) is 28.7 Å². The van der Waals surface area contributed by atoms with Gasteiger partial charge in [-0.15, -0.1) is 0 Å². The molecule has 0 aliphatic rings. The average Bonchev–Trinajstić information content (AvgIpc) is 2.86. The van der Waals surface area contributed by atoms with Crippen LogP contribution in [-0.2, 0) is 12.8 Å². The molecule has 2 nitrogen and oxygen atoms in total. The maximum absolute atomic E-state index is 4.66. The Hall–Kier alpha value is -2.09. The lowest BCUT2D eigenvalue weighted by atomic mass is 10.1. The SMILES string of the molecule is Cc1ccc2[nH]c(CCCCc3ccccc3)nc2c1. The molecule has 3 aromatic rings. The van der Waals surface area contributed by atoms with Gasteiger partial charge >= 0.3 is 0 Å². The van der Waals surface area contributed by atoms with E-state index in [9.17, 15) is 0 Å². The maximum Gasteiger partial charge on any atom is 0.107 e. The van der Waals surface area contributed by atoms with E-state index in [1.807, 2.05) is 0 Å². The van der Waals surface area contributed by atoms with Gasteiger partial charge in [-0.05, 0) is 49.4 Å². The van der Waals surface area contributed by atoms with E-state index in [0.29, 0.717) is 0 Å². The third kappa shape index (κ3) is 3.08. The molecule has 3 rings (SSSR count). The summed E-state index contributed by atoms with van der Waals surface area (Å²) >= 11 is 0. The number of nitrogens with one attached hydrogen (secondary N) is 1. The average molecular weight is 264 g/mol. The van der Waals surface area contributed by atoms with Crippen LogP contribution in [0.5, 0.6) is 0 Å². The molecule has 2 heteroatoms. The van der Waals surface area contributed by atoms with Gasteiger partial charge in [0.15, 0.2) is 0 Å². The number of imidazole rings is 1. The van der Waals surface area contributed by atoms with Crippen LogP contribution in [0, 0.1) is 6.92 Å². The minimum Gasteiger partial charge on any atom is -0.342 e. The Bertz CT molecular complexity index is 683. The fraction of sp³-hybridized carbons (Fsp3) is 0.278. The van der Waals surface area contributed by atoms with Crippen molar-refractivity contribution in [3.05, 3.63) is 65.5 Å². The van der Waals surface area contributed by atoms with Crippen LogP contribution in [0.25, 0.3) is 11.0 Å². The number of aromatic amines is 1. The highest BCUT2D eigenvalue weighted by atomic mass is 14.9. The molecule has 20 heavy (non-hydrogen) atoms. The molecule has 1 aromatic heterocycles. The van der Waals surface area contributed by atoms with Crippen LogP contribution in [0.2, 0.25) is 0 Å². The first-order valence-electron chi connectivity index (χ1n) is 7.30. The Kier molecular flexibility index (Phi) is 3.82. The molecule has 0 aliphatic heterocycles. The first-order chi connectivity index (χ1) is 9.81. The molecule has 0 radical (unpaired) electrons. The molecule has 0 unspecified atom stereocenters. The Morgan fingerprint density at radius 1 is 0.950 bits per heavy atom. The Balaban J connectivity index is 1.55. The molecule has 2 aromatic carbocycles. The molecule has 102 valence electrons. The molecular formula is C18H20N2. The van der Waals surface area contributed by atoms with Gasteiger partial charge in [0.25, 0.3) is 0 Å². The molecule has 0 saturated heterocycles. The summed E-state index contributed by atoms with van der Waals surface area (Å²) in [5, 5.41) is 0. The highest BCUT2D eigenvalue weighted by Gasteiger charge is 2.02. The number of H-pyrrole nitrogens is 1. The lowest BCUT2D eigenvalue weighted by Crippen LogP contribution is -1.91. The summed E-state index contributed by atoms with van der Waals surface area (Å²) in [7, 11) is 0. The third-order valence-corrected chi connectivity index (χ3v) is 3.66. The summed E-state index contributed by atoms with van der Waals surface area (Å²) in [6, 6.07) is 17.1. The first-order valence-corrected chi connectivity index (χ1v) is 7.30. The van der Waals surface area contributed by atoms with E-state index in [-0.39, 0.29) is 0 Å². The minimum absolute atomic E-state index is 1.03. The molecular weight excluding hydrogens is 244 g/mol. The van der Waals surface area contributed by atoms with Gasteiger partial charge in [-0.1, -0.05) is 36.4 Å². The van der Waals surface area contributed by atoms with Crippen molar-refractivity contribution >= 4 is 11.0 Å². The smallest absolute Gasteiger partial charge is 0.107 e. The van der Waals surface area contributed by atoms with Crippen molar-refractivity contribution in [1.82, 2.24) is 9.97 Å². The summed E-state index contributed by atoms with van der Waals surface area (Å²) in [5.74, 6) is 1.11. The zero-order valence-electron chi connectivity index (χ0n) is 11.9. The van der Waals surface area contributed by atoms with Gasteiger partial charge in [0.1, 0.15) is 5.82 Å². The van der Waals surface area contributed by atoms with Gasteiger partial charge in [0.05, 0.1) is 11.0 Å². The normalized spacial score (nSPS) is 11.1. The number of unbranched alkanes of at least 4 members (excludes halogenated alkanes) is 1. The zero-order valence-corrected chi connectivity index (χ0v) is 11.9. The molecule has 1 heterocycles. The number of nitrogens with zero attached hydrogens (tertiary/aromatic N) is 1. The molecule has 0 amide bonds. The number of hydrogen-bond donors (Lipinski definition) is 1. The fourth-order valence-corrected chi connectivity index (χ4v) is 2.55. The van der Waals surface area contributed by atoms with Crippen molar-refractivity contribution < 1.29 is 0 Å². The van der Waals surface area contributed by atoms with Gasteiger partial charge in [0, 0.05) is 6.42 Å². The number of fused-ring (bicyclic) bond motifs is 1. The van der Waals surface area contributed by atoms with Gasteiger partial charge in [0.2, 0.25) is 0 Å². The van der Waals surface area contributed by atoms with Crippen LogP contribution in [0.15, 0.2) is 48.5 Å². The van der Waals surface area contributed by atoms with Crippen molar-refractivity contribution in [2.24, 2.45) is 0 Å². The maximum atomic E-state index is 4.66. The van der Waals surface area contributed by atoms with Crippen molar-refractivity contribution in [2.75, 3.05) is 0 Å². The number of rotatable bonds is 5. The second-order valence-electron chi connectivity index (χ2n) is 5.40. The Morgan fingerprint density at radius 3 is 2.60 bits per heavy atom. The zero-order chi connectivity index (χ0) is 13.8. The van der Waals surface area contributed by atoms with Crippen molar-refractivity contribution in [2.45, 2.75) is 32.6 Å². The van der Waals surface area contributed by atoms with Crippen LogP contribution in [0.4, 0.5) is 0 Å². The second kappa shape index (κ2) is 5.91. The number of benzene rings is 2. The quantitative estimate of drug-likeness (QED) is 0.678. The van der Waals surface area contributed by atoms with E-state index in [0.717, 1.165) is 29.7 Å². The molecule has 0 saturated carbocycles. The van der Waals surface area contributed by atoms with Crippen LogP contribution in [0.3, 0.4) is 0 Å². The minimum atomic E-state index is 1.03. The highest BCUT2D eigenvalue weighted by Crippen LogP contribution is 2.15. The fourth-order valence-electron chi connectivity index (χ4n) is 2.55. The largest absolute Gasteiger partial charge is 0.342 e. The van der Waals surface area contributed by atoms with Crippen LogP contribution in [-0.4, -0.2) is 9.97 Å². The summed E-state index contributed by atoms with van der Waals surface area (Å²) in [4.78, 5) is 8.07. The van der Waals surface area contributed by atoms with E-state index in [2.05, 4.69) is 65.4 Å². The van der Waals surface area contributed by atoms with E-state index < -0.39 is 0 Å².